The average Bonchev–Trinajstić information content (AvgIpc) is 3.39. The highest BCUT2D eigenvalue weighted by Gasteiger charge is 2.41. The molecule has 30 heavy (non-hydrogen) atoms. The number of nitrogens with zero attached hydrogens (tertiary/aromatic N) is 3. The van der Waals surface area contributed by atoms with Crippen molar-refractivity contribution in [2.75, 3.05) is 13.2 Å². The number of aromatic nitrogens is 2. The van der Waals surface area contributed by atoms with Crippen molar-refractivity contribution in [3.8, 4) is 5.69 Å². The lowest BCUT2D eigenvalue weighted by Crippen LogP contribution is -2.30. The average molecular weight is 428 g/mol. The van der Waals surface area contributed by atoms with Crippen LogP contribution in [0.25, 0.3) is 5.69 Å². The molecule has 5 rings (SSSR count). The molecule has 0 bridgehead atoms. The second kappa shape index (κ2) is 8.06. The van der Waals surface area contributed by atoms with Gasteiger partial charge in [0.15, 0.2) is 5.69 Å². The number of imidazole rings is 1. The van der Waals surface area contributed by atoms with Crippen LogP contribution in [0.3, 0.4) is 0 Å². The number of carbonyl (C=O) groups excluding carboxylic acids is 2. The second-order valence-electron chi connectivity index (χ2n) is 8.57. The molecule has 1 aliphatic carbocycles. The van der Waals surface area contributed by atoms with Crippen molar-refractivity contribution in [1.82, 2.24) is 14.5 Å². The summed E-state index contributed by atoms with van der Waals surface area (Å²) in [6, 6.07) is 5.21. The third kappa shape index (κ3) is 3.31. The van der Waals surface area contributed by atoms with Crippen LogP contribution in [0.5, 0.6) is 0 Å². The normalized spacial score (nSPS) is 21.0. The van der Waals surface area contributed by atoms with Gasteiger partial charge < -0.3 is 9.64 Å². The number of rotatable bonds is 4. The molecule has 1 saturated heterocycles. The van der Waals surface area contributed by atoms with E-state index in [-0.39, 0.29) is 11.9 Å². The van der Waals surface area contributed by atoms with Gasteiger partial charge in [0, 0.05) is 6.54 Å². The van der Waals surface area contributed by atoms with Crippen molar-refractivity contribution in [2.24, 2.45) is 5.92 Å². The third-order valence-electron chi connectivity index (χ3n) is 6.78. The predicted molar refractivity (Wildman–Crippen MR) is 113 cm³/mol. The van der Waals surface area contributed by atoms with Gasteiger partial charge in [0.1, 0.15) is 6.33 Å². The number of esters is 1. The van der Waals surface area contributed by atoms with E-state index in [4.69, 9.17) is 16.3 Å². The van der Waals surface area contributed by atoms with Crippen LogP contribution in [0, 0.1) is 5.92 Å². The van der Waals surface area contributed by atoms with E-state index in [1.165, 1.54) is 32.1 Å². The van der Waals surface area contributed by atoms with Crippen molar-refractivity contribution in [1.29, 1.82) is 0 Å². The minimum Gasteiger partial charge on any atom is -0.461 e. The van der Waals surface area contributed by atoms with E-state index in [1.807, 2.05) is 21.6 Å². The van der Waals surface area contributed by atoms with E-state index < -0.39 is 5.97 Å². The Labute approximate surface area is 181 Å². The molecule has 2 aromatic rings. The van der Waals surface area contributed by atoms with Crippen LogP contribution in [0.2, 0.25) is 5.02 Å². The first-order chi connectivity index (χ1) is 14.6. The van der Waals surface area contributed by atoms with Crippen LogP contribution in [0.1, 0.15) is 83.9 Å². The van der Waals surface area contributed by atoms with Gasteiger partial charge in [-0.05, 0) is 37.3 Å². The summed E-state index contributed by atoms with van der Waals surface area (Å²) >= 11 is 6.41. The van der Waals surface area contributed by atoms with Crippen LogP contribution >= 0.6 is 11.6 Å². The Hall–Kier alpha value is -2.34. The highest BCUT2D eigenvalue weighted by Crippen LogP contribution is 2.41. The molecule has 3 heterocycles. The maximum Gasteiger partial charge on any atom is 0.358 e. The van der Waals surface area contributed by atoms with E-state index in [1.54, 1.807) is 12.4 Å². The van der Waals surface area contributed by atoms with Crippen molar-refractivity contribution in [2.45, 2.75) is 57.4 Å². The van der Waals surface area contributed by atoms with Gasteiger partial charge in [0.05, 0.1) is 34.6 Å². The minimum atomic E-state index is -0.399. The topological polar surface area (TPSA) is 64.4 Å². The lowest BCUT2D eigenvalue weighted by molar-refractivity contribution is 0.0462. The summed E-state index contributed by atoms with van der Waals surface area (Å²) in [4.78, 5) is 32.4. The Morgan fingerprint density at radius 3 is 2.83 bits per heavy atom. The van der Waals surface area contributed by atoms with Gasteiger partial charge in [-0.1, -0.05) is 49.8 Å². The summed E-state index contributed by atoms with van der Waals surface area (Å²) in [5.74, 6) is 0.172. The number of hydrogen-bond donors (Lipinski definition) is 0. The van der Waals surface area contributed by atoms with Gasteiger partial charge in [0.2, 0.25) is 0 Å². The predicted octanol–water partition coefficient (Wildman–Crippen LogP) is 4.94. The third-order valence-corrected chi connectivity index (χ3v) is 7.09. The zero-order chi connectivity index (χ0) is 20.7. The van der Waals surface area contributed by atoms with E-state index >= 15 is 0 Å². The monoisotopic (exact) mass is 427 g/mol. The van der Waals surface area contributed by atoms with Crippen molar-refractivity contribution in [3.63, 3.8) is 0 Å². The number of halogens is 1. The first-order valence-electron chi connectivity index (χ1n) is 11.0. The molecular weight excluding hydrogens is 402 g/mol. The van der Waals surface area contributed by atoms with Crippen LogP contribution in [-0.4, -0.2) is 39.5 Å². The number of hydrogen-bond acceptors (Lipinski definition) is 4. The van der Waals surface area contributed by atoms with Gasteiger partial charge in [-0.3, -0.25) is 9.36 Å². The SMILES string of the molecule is O=C(OCCC1CCCCC1)c1ncn2c1[C@@H]1CCCN1C(=O)c1c(Cl)cccc1-2. The lowest BCUT2D eigenvalue weighted by Gasteiger charge is -2.23. The van der Waals surface area contributed by atoms with Crippen LogP contribution in [0.4, 0.5) is 0 Å². The maximum absolute atomic E-state index is 13.2. The van der Waals surface area contributed by atoms with Crippen LogP contribution in [-0.2, 0) is 4.74 Å². The summed E-state index contributed by atoms with van der Waals surface area (Å²) in [6.45, 7) is 1.07. The van der Waals surface area contributed by atoms with Crippen LogP contribution < -0.4 is 0 Å². The van der Waals surface area contributed by atoms with Gasteiger partial charge >= 0.3 is 5.97 Å². The van der Waals surface area contributed by atoms with Gasteiger partial charge in [-0.2, -0.15) is 0 Å². The Morgan fingerprint density at radius 1 is 1.17 bits per heavy atom. The molecule has 7 heteroatoms. The molecule has 2 fully saturated rings. The Bertz CT molecular complexity index is 980. The first kappa shape index (κ1) is 19.6. The number of benzene rings is 1. The Balaban J connectivity index is 1.44. The van der Waals surface area contributed by atoms with Crippen molar-refractivity contribution >= 4 is 23.5 Å². The molecular formula is C23H26ClN3O3. The van der Waals surface area contributed by atoms with E-state index in [9.17, 15) is 9.59 Å². The number of fused-ring (bicyclic) bond motifs is 5. The summed E-state index contributed by atoms with van der Waals surface area (Å²) in [5.41, 5.74) is 2.20. The standard InChI is InChI=1S/C23H26ClN3O3/c24-16-8-4-9-17-19(16)22(28)26-12-5-10-18(26)21-20(25-14-27(17)21)23(29)30-13-11-15-6-2-1-3-7-15/h4,8-9,14-15,18H,1-3,5-7,10-13H2/t18-/m0/s1. The zero-order valence-corrected chi connectivity index (χ0v) is 17.7. The number of amides is 1. The molecule has 0 unspecified atom stereocenters. The number of carbonyl (C=O) groups is 2. The molecule has 1 aromatic heterocycles. The Kier molecular flexibility index (Phi) is 5.27. The van der Waals surface area contributed by atoms with Gasteiger partial charge in [-0.15, -0.1) is 0 Å². The summed E-state index contributed by atoms with van der Waals surface area (Å²) < 4.78 is 7.49. The fourth-order valence-electron chi connectivity index (χ4n) is 5.25. The molecule has 1 amide bonds. The van der Waals surface area contributed by atoms with E-state index in [0.717, 1.165) is 25.0 Å². The highest BCUT2D eigenvalue weighted by atomic mass is 35.5. The van der Waals surface area contributed by atoms with Crippen LogP contribution in [0.15, 0.2) is 24.5 Å². The Morgan fingerprint density at radius 2 is 2.00 bits per heavy atom. The van der Waals surface area contributed by atoms with Gasteiger partial charge in [0.25, 0.3) is 5.91 Å². The zero-order valence-electron chi connectivity index (χ0n) is 17.0. The smallest absolute Gasteiger partial charge is 0.358 e. The first-order valence-corrected chi connectivity index (χ1v) is 11.4. The molecule has 3 aliphatic rings. The molecule has 1 saturated carbocycles. The largest absolute Gasteiger partial charge is 0.461 e. The summed E-state index contributed by atoms with van der Waals surface area (Å²) in [5, 5.41) is 0.418. The highest BCUT2D eigenvalue weighted by molar-refractivity contribution is 6.34. The fraction of sp³-hybridized carbons (Fsp3) is 0.522. The molecule has 1 aromatic carbocycles. The molecule has 2 aliphatic heterocycles. The maximum atomic E-state index is 13.2. The summed E-state index contributed by atoms with van der Waals surface area (Å²) in [7, 11) is 0. The molecule has 1 atom stereocenters. The molecule has 0 spiro atoms. The quantitative estimate of drug-likeness (QED) is 0.648. The van der Waals surface area contributed by atoms with Crippen molar-refractivity contribution in [3.05, 3.63) is 46.5 Å². The summed E-state index contributed by atoms with van der Waals surface area (Å²) in [6.07, 6.45) is 10.6. The van der Waals surface area contributed by atoms with E-state index in [0.29, 0.717) is 41.0 Å². The minimum absolute atomic E-state index is 0.0848. The molecule has 6 nitrogen and oxygen atoms in total. The molecule has 0 radical (unpaired) electrons. The lowest BCUT2D eigenvalue weighted by atomic mass is 9.87. The van der Waals surface area contributed by atoms with Crippen molar-refractivity contribution < 1.29 is 14.3 Å². The molecule has 158 valence electrons. The molecule has 0 N–H and O–H groups in total. The van der Waals surface area contributed by atoms with E-state index in [2.05, 4.69) is 4.98 Å². The number of ether oxygens (including phenoxy) is 1. The van der Waals surface area contributed by atoms with Gasteiger partial charge in [-0.25, -0.2) is 9.78 Å². The fourth-order valence-corrected chi connectivity index (χ4v) is 5.50. The second-order valence-corrected chi connectivity index (χ2v) is 8.97.